The SMILES string of the molecule is CC(CC(=O)N1CCC(O)(C(F)(F)F)C1)C1CCNCC1.Cl. The van der Waals surface area contributed by atoms with Gasteiger partial charge in [0.05, 0.1) is 6.54 Å². The Labute approximate surface area is 134 Å². The number of aliphatic hydroxyl groups is 1. The van der Waals surface area contributed by atoms with E-state index in [1.165, 1.54) is 0 Å². The zero-order valence-corrected chi connectivity index (χ0v) is 13.5. The molecule has 22 heavy (non-hydrogen) atoms. The van der Waals surface area contributed by atoms with Gasteiger partial charge >= 0.3 is 6.18 Å². The summed E-state index contributed by atoms with van der Waals surface area (Å²) in [6.45, 7) is 3.20. The smallest absolute Gasteiger partial charge is 0.379 e. The Hall–Kier alpha value is -0.530. The predicted molar refractivity (Wildman–Crippen MR) is 78.8 cm³/mol. The van der Waals surface area contributed by atoms with Crippen molar-refractivity contribution in [3.8, 4) is 0 Å². The first-order chi connectivity index (χ1) is 9.73. The Balaban J connectivity index is 0.00000242. The molecule has 2 saturated heterocycles. The standard InChI is InChI=1S/C14H23F3N2O2.ClH/c1-10(11-2-5-18-6-3-11)8-12(20)19-7-4-13(21,9-19)14(15,16)17;/h10-11,18,21H,2-9H2,1H3;1H. The van der Waals surface area contributed by atoms with Gasteiger partial charge in [-0.2, -0.15) is 13.2 Å². The molecule has 0 aromatic heterocycles. The van der Waals surface area contributed by atoms with Crippen LogP contribution in [-0.2, 0) is 4.79 Å². The molecule has 2 atom stereocenters. The molecular weight excluding hydrogens is 321 g/mol. The zero-order valence-electron chi connectivity index (χ0n) is 12.7. The highest BCUT2D eigenvalue weighted by molar-refractivity contribution is 5.85. The molecule has 0 aromatic rings. The second-order valence-corrected chi connectivity index (χ2v) is 6.36. The molecule has 0 spiro atoms. The van der Waals surface area contributed by atoms with Crippen molar-refractivity contribution in [3.05, 3.63) is 0 Å². The number of hydrogen-bond donors (Lipinski definition) is 2. The lowest BCUT2D eigenvalue weighted by molar-refractivity contribution is -0.253. The van der Waals surface area contributed by atoms with Crippen LogP contribution in [0.4, 0.5) is 13.2 Å². The van der Waals surface area contributed by atoms with E-state index < -0.39 is 24.7 Å². The zero-order chi connectivity index (χ0) is 15.7. The molecule has 0 saturated carbocycles. The first kappa shape index (κ1) is 19.5. The van der Waals surface area contributed by atoms with Crippen LogP contribution in [0, 0.1) is 11.8 Å². The molecule has 2 aliphatic rings. The first-order valence-corrected chi connectivity index (χ1v) is 7.50. The Bertz CT molecular complexity index is 389. The highest BCUT2D eigenvalue weighted by atomic mass is 35.5. The summed E-state index contributed by atoms with van der Waals surface area (Å²) in [4.78, 5) is 13.3. The number of piperidine rings is 1. The average Bonchev–Trinajstić information content (AvgIpc) is 2.83. The van der Waals surface area contributed by atoms with Crippen LogP contribution in [0.1, 0.15) is 32.6 Å². The summed E-state index contributed by atoms with van der Waals surface area (Å²) in [6, 6.07) is 0. The summed E-state index contributed by atoms with van der Waals surface area (Å²) < 4.78 is 38.2. The van der Waals surface area contributed by atoms with Crippen molar-refractivity contribution >= 4 is 18.3 Å². The van der Waals surface area contributed by atoms with Crippen molar-refractivity contribution in [3.63, 3.8) is 0 Å². The van der Waals surface area contributed by atoms with Gasteiger partial charge in [0.15, 0.2) is 5.60 Å². The van der Waals surface area contributed by atoms with Crippen LogP contribution < -0.4 is 5.32 Å². The second kappa shape index (κ2) is 7.36. The number of β-amino-alcohol motifs (C(OH)–C–C–N with tert-alkyl or cyclic N) is 1. The molecule has 0 aliphatic carbocycles. The lowest BCUT2D eigenvalue weighted by Crippen LogP contribution is -2.48. The van der Waals surface area contributed by atoms with Gasteiger partial charge in [0, 0.05) is 19.4 Å². The lowest BCUT2D eigenvalue weighted by Gasteiger charge is -2.30. The molecular formula is C14H24ClF3N2O2. The highest BCUT2D eigenvalue weighted by Gasteiger charge is 2.57. The molecule has 2 rings (SSSR count). The van der Waals surface area contributed by atoms with Crippen LogP contribution >= 0.6 is 12.4 Å². The maximum absolute atomic E-state index is 12.7. The molecule has 8 heteroatoms. The Morgan fingerprint density at radius 2 is 2.00 bits per heavy atom. The van der Waals surface area contributed by atoms with Gasteiger partial charge in [-0.3, -0.25) is 4.79 Å². The van der Waals surface area contributed by atoms with Gasteiger partial charge in [-0.1, -0.05) is 6.92 Å². The van der Waals surface area contributed by atoms with Gasteiger partial charge < -0.3 is 15.3 Å². The Kier molecular flexibility index (Phi) is 6.53. The molecule has 0 bridgehead atoms. The third-order valence-corrected chi connectivity index (χ3v) is 4.81. The lowest BCUT2D eigenvalue weighted by atomic mass is 9.84. The summed E-state index contributed by atoms with van der Waals surface area (Å²) in [7, 11) is 0. The van der Waals surface area contributed by atoms with Crippen molar-refractivity contribution in [2.45, 2.75) is 44.4 Å². The number of halogens is 4. The molecule has 2 heterocycles. The van der Waals surface area contributed by atoms with Crippen LogP contribution in [0.2, 0.25) is 0 Å². The van der Waals surface area contributed by atoms with Crippen LogP contribution in [0.5, 0.6) is 0 Å². The number of nitrogens with zero attached hydrogens (tertiary/aromatic N) is 1. The highest BCUT2D eigenvalue weighted by Crippen LogP contribution is 2.38. The molecule has 2 N–H and O–H groups in total. The summed E-state index contributed by atoms with van der Waals surface area (Å²) in [5.74, 6) is 0.333. The van der Waals surface area contributed by atoms with E-state index in [1.54, 1.807) is 0 Å². The summed E-state index contributed by atoms with van der Waals surface area (Å²) in [5.41, 5.74) is -2.74. The van der Waals surface area contributed by atoms with Gasteiger partial charge in [0.1, 0.15) is 0 Å². The minimum absolute atomic E-state index is 0. The number of likely N-dealkylation sites (tertiary alicyclic amines) is 1. The predicted octanol–water partition coefficient (Wildman–Crippen LogP) is 1.96. The van der Waals surface area contributed by atoms with Crippen molar-refractivity contribution in [2.24, 2.45) is 11.8 Å². The third kappa shape index (κ3) is 4.26. The maximum Gasteiger partial charge on any atom is 0.419 e. The van der Waals surface area contributed by atoms with Crippen LogP contribution in [0.3, 0.4) is 0 Å². The largest absolute Gasteiger partial charge is 0.419 e. The summed E-state index contributed by atoms with van der Waals surface area (Å²) >= 11 is 0. The molecule has 4 nitrogen and oxygen atoms in total. The normalized spacial score (nSPS) is 28.3. The van der Waals surface area contributed by atoms with E-state index >= 15 is 0 Å². The number of carbonyl (C=O) groups excluding carboxylic acids is 1. The van der Waals surface area contributed by atoms with Gasteiger partial charge in [-0.25, -0.2) is 0 Å². The number of rotatable bonds is 3. The molecule has 1 amide bonds. The van der Waals surface area contributed by atoms with Crippen molar-refractivity contribution in [1.29, 1.82) is 0 Å². The van der Waals surface area contributed by atoms with E-state index in [-0.39, 0.29) is 37.2 Å². The van der Waals surface area contributed by atoms with Crippen LogP contribution in [0.25, 0.3) is 0 Å². The third-order valence-electron chi connectivity index (χ3n) is 4.81. The van der Waals surface area contributed by atoms with E-state index in [0.29, 0.717) is 5.92 Å². The molecule has 0 radical (unpaired) electrons. The van der Waals surface area contributed by atoms with E-state index in [4.69, 9.17) is 0 Å². The fourth-order valence-corrected chi connectivity index (χ4v) is 3.22. The van der Waals surface area contributed by atoms with Gasteiger partial charge in [-0.05, 0) is 37.8 Å². The first-order valence-electron chi connectivity index (χ1n) is 7.50. The Morgan fingerprint density at radius 3 is 2.50 bits per heavy atom. The molecule has 0 aromatic carbocycles. The van der Waals surface area contributed by atoms with Crippen molar-refractivity contribution < 1.29 is 23.1 Å². The number of amides is 1. The number of alkyl halides is 3. The summed E-state index contributed by atoms with van der Waals surface area (Å²) in [5, 5.41) is 12.9. The van der Waals surface area contributed by atoms with Gasteiger partial charge in [0.2, 0.25) is 5.91 Å². The van der Waals surface area contributed by atoms with Crippen molar-refractivity contribution in [2.75, 3.05) is 26.2 Å². The van der Waals surface area contributed by atoms with Gasteiger partial charge in [-0.15, -0.1) is 12.4 Å². The van der Waals surface area contributed by atoms with E-state index in [0.717, 1.165) is 30.8 Å². The van der Waals surface area contributed by atoms with Crippen LogP contribution in [-0.4, -0.2) is 53.9 Å². The van der Waals surface area contributed by atoms with Gasteiger partial charge in [0.25, 0.3) is 0 Å². The number of carbonyl (C=O) groups is 1. The van der Waals surface area contributed by atoms with Crippen molar-refractivity contribution in [1.82, 2.24) is 10.2 Å². The molecule has 130 valence electrons. The quantitative estimate of drug-likeness (QED) is 0.823. The minimum Gasteiger partial charge on any atom is -0.379 e. The maximum atomic E-state index is 12.7. The van der Waals surface area contributed by atoms with E-state index in [1.807, 2.05) is 6.92 Å². The van der Waals surface area contributed by atoms with Crippen LogP contribution in [0.15, 0.2) is 0 Å². The van der Waals surface area contributed by atoms with E-state index in [9.17, 15) is 23.1 Å². The summed E-state index contributed by atoms with van der Waals surface area (Å²) in [6.07, 6.45) is -2.84. The molecule has 2 fully saturated rings. The number of hydrogen-bond acceptors (Lipinski definition) is 3. The fourth-order valence-electron chi connectivity index (χ4n) is 3.22. The number of nitrogens with one attached hydrogen (secondary N) is 1. The minimum atomic E-state index is -4.68. The second-order valence-electron chi connectivity index (χ2n) is 6.36. The topological polar surface area (TPSA) is 52.6 Å². The Morgan fingerprint density at radius 1 is 1.41 bits per heavy atom. The fraction of sp³-hybridized carbons (Fsp3) is 0.929. The average molecular weight is 345 g/mol. The monoisotopic (exact) mass is 344 g/mol. The molecule has 2 aliphatic heterocycles. The molecule has 2 unspecified atom stereocenters. The van der Waals surface area contributed by atoms with E-state index in [2.05, 4.69) is 5.32 Å².